The lowest BCUT2D eigenvalue weighted by Crippen LogP contribution is -2.30. The number of carboxylic acids is 1. The molecule has 0 aliphatic carbocycles. The van der Waals surface area contributed by atoms with E-state index in [-0.39, 0.29) is 17.6 Å². The van der Waals surface area contributed by atoms with Crippen molar-refractivity contribution in [1.29, 1.82) is 0 Å². The van der Waals surface area contributed by atoms with Crippen molar-refractivity contribution in [2.45, 2.75) is 25.9 Å². The van der Waals surface area contributed by atoms with Crippen LogP contribution in [0.4, 0.5) is 5.69 Å². The molecule has 194 valence electrons. The first-order valence-corrected chi connectivity index (χ1v) is 12.5. The fourth-order valence-corrected chi connectivity index (χ4v) is 5.56. The Morgan fingerprint density at radius 1 is 1.00 bits per heavy atom. The van der Waals surface area contributed by atoms with E-state index < -0.39 is 5.97 Å². The summed E-state index contributed by atoms with van der Waals surface area (Å²) in [6, 6.07) is 20.0. The van der Waals surface area contributed by atoms with Crippen LogP contribution in [0.25, 0.3) is 5.69 Å². The maximum Gasteiger partial charge on any atom is 0.337 e. The van der Waals surface area contributed by atoms with Crippen LogP contribution in [0.5, 0.6) is 11.5 Å². The SMILES string of the molecule is COc1ccc(N2C(=S)N[C@@H](c3ccccn3)[C@H]2c2cc(C)n(-c3ccccc3C(=O)O)c2C)c(OC)c1. The number of rotatable bonds is 7. The van der Waals surface area contributed by atoms with E-state index in [4.69, 9.17) is 21.7 Å². The summed E-state index contributed by atoms with van der Waals surface area (Å²) < 4.78 is 13.1. The number of aryl methyl sites for hydroxylation is 1. The van der Waals surface area contributed by atoms with Gasteiger partial charge in [-0.3, -0.25) is 4.98 Å². The number of nitrogens with one attached hydrogen (secondary N) is 1. The largest absolute Gasteiger partial charge is 0.497 e. The lowest BCUT2D eigenvalue weighted by molar-refractivity contribution is 0.0697. The van der Waals surface area contributed by atoms with E-state index in [2.05, 4.69) is 16.4 Å². The predicted octanol–water partition coefficient (Wildman–Crippen LogP) is 5.38. The number of ether oxygens (including phenoxy) is 2. The van der Waals surface area contributed by atoms with Crippen LogP contribution in [-0.4, -0.2) is 40.0 Å². The van der Waals surface area contributed by atoms with Gasteiger partial charge in [-0.15, -0.1) is 0 Å². The topological polar surface area (TPSA) is 88.9 Å². The number of benzene rings is 2. The molecule has 4 aromatic rings. The van der Waals surface area contributed by atoms with Gasteiger partial charge in [-0.1, -0.05) is 18.2 Å². The van der Waals surface area contributed by atoms with E-state index in [0.29, 0.717) is 22.3 Å². The summed E-state index contributed by atoms with van der Waals surface area (Å²) in [4.78, 5) is 18.7. The van der Waals surface area contributed by atoms with Gasteiger partial charge in [-0.2, -0.15) is 0 Å². The number of para-hydroxylation sites is 1. The number of anilines is 1. The average molecular weight is 529 g/mol. The van der Waals surface area contributed by atoms with Crippen molar-refractivity contribution in [3.8, 4) is 17.2 Å². The van der Waals surface area contributed by atoms with Gasteiger partial charge in [0.25, 0.3) is 0 Å². The first-order chi connectivity index (χ1) is 18.3. The highest BCUT2D eigenvalue weighted by atomic mass is 32.1. The molecular formula is C29H28N4O4S. The molecule has 0 spiro atoms. The molecule has 2 aromatic carbocycles. The third kappa shape index (κ3) is 4.24. The Hall–Kier alpha value is -4.37. The number of hydrogen-bond donors (Lipinski definition) is 2. The van der Waals surface area contributed by atoms with E-state index in [1.165, 1.54) is 0 Å². The third-order valence-corrected chi connectivity index (χ3v) is 7.22. The number of carboxylic acid groups (broad SMARTS) is 1. The van der Waals surface area contributed by atoms with Crippen LogP contribution in [0.3, 0.4) is 0 Å². The summed E-state index contributed by atoms with van der Waals surface area (Å²) in [6.07, 6.45) is 1.76. The number of aromatic carboxylic acids is 1. The van der Waals surface area contributed by atoms with E-state index in [0.717, 1.165) is 28.3 Å². The summed E-state index contributed by atoms with van der Waals surface area (Å²) >= 11 is 5.89. The molecule has 1 saturated heterocycles. The Morgan fingerprint density at radius 2 is 1.76 bits per heavy atom. The molecule has 3 heterocycles. The molecule has 0 amide bonds. The van der Waals surface area contributed by atoms with Crippen molar-refractivity contribution >= 4 is 29.0 Å². The van der Waals surface area contributed by atoms with Crippen molar-refractivity contribution < 1.29 is 19.4 Å². The summed E-state index contributed by atoms with van der Waals surface area (Å²) in [7, 11) is 3.23. The van der Waals surface area contributed by atoms with Crippen LogP contribution in [0, 0.1) is 13.8 Å². The van der Waals surface area contributed by atoms with E-state index in [1.807, 2.05) is 71.8 Å². The molecule has 0 bridgehead atoms. The first-order valence-electron chi connectivity index (χ1n) is 12.1. The Labute approximate surface area is 226 Å². The van der Waals surface area contributed by atoms with Gasteiger partial charge < -0.3 is 29.4 Å². The van der Waals surface area contributed by atoms with Crippen molar-refractivity contribution in [1.82, 2.24) is 14.9 Å². The van der Waals surface area contributed by atoms with Crippen LogP contribution in [0.1, 0.15) is 45.1 Å². The molecule has 2 N–H and O–H groups in total. The molecule has 2 aromatic heterocycles. The average Bonchev–Trinajstić information content (AvgIpc) is 3.43. The summed E-state index contributed by atoms with van der Waals surface area (Å²) in [5.41, 5.74) is 5.27. The second-order valence-corrected chi connectivity index (χ2v) is 9.41. The molecule has 0 radical (unpaired) electrons. The summed E-state index contributed by atoms with van der Waals surface area (Å²) in [5, 5.41) is 13.9. The highest BCUT2D eigenvalue weighted by Gasteiger charge is 2.43. The lowest BCUT2D eigenvalue weighted by atomic mass is 9.96. The van der Waals surface area contributed by atoms with Gasteiger partial charge in [0.15, 0.2) is 5.11 Å². The zero-order valence-corrected chi connectivity index (χ0v) is 22.3. The van der Waals surface area contributed by atoms with E-state index in [1.54, 1.807) is 32.5 Å². The second kappa shape index (κ2) is 10.2. The quantitative estimate of drug-likeness (QED) is 0.309. The third-order valence-electron chi connectivity index (χ3n) is 6.91. The number of hydrogen-bond acceptors (Lipinski definition) is 5. The molecule has 1 aliphatic rings. The van der Waals surface area contributed by atoms with Gasteiger partial charge in [0.05, 0.1) is 48.9 Å². The number of methoxy groups -OCH3 is 2. The molecule has 0 unspecified atom stereocenters. The van der Waals surface area contributed by atoms with Crippen LogP contribution < -0.4 is 19.7 Å². The molecule has 1 aliphatic heterocycles. The smallest absolute Gasteiger partial charge is 0.337 e. The van der Waals surface area contributed by atoms with Gasteiger partial charge in [-0.05, 0) is 74.1 Å². The van der Waals surface area contributed by atoms with Crippen molar-refractivity contribution in [2.75, 3.05) is 19.1 Å². The number of pyridine rings is 1. The number of aromatic nitrogens is 2. The van der Waals surface area contributed by atoms with Crippen molar-refractivity contribution in [3.05, 3.63) is 101 Å². The van der Waals surface area contributed by atoms with Gasteiger partial charge in [0.2, 0.25) is 0 Å². The number of thiocarbonyl (C=S) groups is 1. The monoisotopic (exact) mass is 528 g/mol. The summed E-state index contributed by atoms with van der Waals surface area (Å²) in [6.45, 7) is 3.98. The van der Waals surface area contributed by atoms with E-state index >= 15 is 0 Å². The zero-order valence-electron chi connectivity index (χ0n) is 21.5. The minimum absolute atomic E-state index is 0.232. The molecule has 8 nitrogen and oxygen atoms in total. The highest BCUT2D eigenvalue weighted by molar-refractivity contribution is 7.80. The second-order valence-electron chi connectivity index (χ2n) is 9.02. The Bertz CT molecular complexity index is 1520. The Kier molecular flexibility index (Phi) is 6.77. The Morgan fingerprint density at radius 3 is 2.45 bits per heavy atom. The number of carbonyl (C=O) groups is 1. The molecule has 0 saturated carbocycles. The van der Waals surface area contributed by atoms with Gasteiger partial charge in [0, 0.05) is 23.7 Å². The predicted molar refractivity (Wildman–Crippen MR) is 150 cm³/mol. The van der Waals surface area contributed by atoms with Gasteiger partial charge in [-0.25, -0.2) is 4.79 Å². The zero-order chi connectivity index (χ0) is 27.0. The molecule has 2 atom stereocenters. The minimum Gasteiger partial charge on any atom is -0.497 e. The van der Waals surface area contributed by atoms with Crippen molar-refractivity contribution in [2.24, 2.45) is 0 Å². The van der Waals surface area contributed by atoms with Gasteiger partial charge in [0.1, 0.15) is 11.5 Å². The van der Waals surface area contributed by atoms with E-state index in [9.17, 15) is 9.90 Å². The molecule has 5 rings (SSSR count). The maximum atomic E-state index is 12.0. The highest BCUT2D eigenvalue weighted by Crippen LogP contribution is 2.46. The lowest BCUT2D eigenvalue weighted by Gasteiger charge is -2.29. The van der Waals surface area contributed by atoms with Crippen LogP contribution in [0.15, 0.2) is 72.9 Å². The molecule has 38 heavy (non-hydrogen) atoms. The van der Waals surface area contributed by atoms with Gasteiger partial charge >= 0.3 is 5.97 Å². The van der Waals surface area contributed by atoms with Crippen LogP contribution in [0.2, 0.25) is 0 Å². The maximum absolute atomic E-state index is 12.0. The van der Waals surface area contributed by atoms with Crippen LogP contribution in [-0.2, 0) is 0 Å². The number of nitrogens with zero attached hydrogens (tertiary/aromatic N) is 3. The van der Waals surface area contributed by atoms with Crippen LogP contribution >= 0.6 is 12.2 Å². The first kappa shape index (κ1) is 25.3. The molecule has 9 heteroatoms. The minimum atomic E-state index is -0.977. The molecular weight excluding hydrogens is 500 g/mol. The fraction of sp³-hybridized carbons (Fsp3) is 0.207. The summed E-state index contributed by atoms with van der Waals surface area (Å²) in [5.74, 6) is 0.310. The molecule has 1 fully saturated rings. The fourth-order valence-electron chi connectivity index (χ4n) is 5.22. The standard InChI is InChI=1S/C29H28N4O4S/c1-17-15-21(18(2)32(17)23-11-6-5-9-20(23)28(34)35)27-26(22-10-7-8-14-30-22)31-29(38)33(27)24-13-12-19(36-3)16-25(24)37-4/h5-16,26-27H,1-4H3,(H,31,38)(H,34,35)/t26-,27+/m0/s1. The normalized spacial score (nSPS) is 16.8. The Balaban J connectivity index is 1.72. The van der Waals surface area contributed by atoms with Crippen molar-refractivity contribution in [3.63, 3.8) is 0 Å².